The highest BCUT2D eigenvalue weighted by Crippen LogP contribution is 2.05. The molecule has 0 fully saturated rings. The molecule has 1 aromatic rings. The molecule has 3 N–H and O–H groups in total. The zero-order chi connectivity index (χ0) is 12.0. The summed E-state index contributed by atoms with van der Waals surface area (Å²) in [5, 5.41) is 2.95. The minimum Gasteiger partial charge on any atom is -0.469 e. The third-order valence-electron chi connectivity index (χ3n) is 2.52. The minimum atomic E-state index is -0.0240. The number of amides is 1. The standard InChI is InChI=1S/C12H20N2O2/c1-9(5-6-13)12(15)14-10(2)8-11-4-3-7-16-11/h3-4,7,9-10H,5-6,8,13H2,1-2H3,(H,14,15). The molecule has 1 aromatic heterocycles. The van der Waals surface area contributed by atoms with E-state index >= 15 is 0 Å². The summed E-state index contributed by atoms with van der Waals surface area (Å²) >= 11 is 0. The van der Waals surface area contributed by atoms with E-state index in [0.29, 0.717) is 13.0 Å². The van der Waals surface area contributed by atoms with Gasteiger partial charge in [0.25, 0.3) is 0 Å². The second-order valence-corrected chi connectivity index (χ2v) is 4.17. The van der Waals surface area contributed by atoms with Gasteiger partial charge < -0.3 is 15.5 Å². The first-order chi connectivity index (χ1) is 7.63. The highest BCUT2D eigenvalue weighted by Gasteiger charge is 2.15. The monoisotopic (exact) mass is 224 g/mol. The number of carbonyl (C=O) groups excluding carboxylic acids is 1. The zero-order valence-corrected chi connectivity index (χ0v) is 9.90. The van der Waals surface area contributed by atoms with Gasteiger partial charge in [-0.25, -0.2) is 0 Å². The third-order valence-corrected chi connectivity index (χ3v) is 2.52. The molecule has 0 aliphatic carbocycles. The van der Waals surface area contributed by atoms with E-state index < -0.39 is 0 Å². The van der Waals surface area contributed by atoms with Crippen LogP contribution in [0.3, 0.4) is 0 Å². The number of hydrogen-bond donors (Lipinski definition) is 2. The van der Waals surface area contributed by atoms with Gasteiger partial charge in [0, 0.05) is 18.4 Å². The molecular weight excluding hydrogens is 204 g/mol. The Balaban J connectivity index is 2.33. The molecule has 2 atom stereocenters. The molecule has 0 saturated heterocycles. The van der Waals surface area contributed by atoms with Gasteiger partial charge in [-0.1, -0.05) is 6.92 Å². The average molecular weight is 224 g/mol. The molecule has 4 heteroatoms. The van der Waals surface area contributed by atoms with Gasteiger partial charge in [-0.15, -0.1) is 0 Å². The normalized spacial score (nSPS) is 14.4. The Kier molecular flexibility index (Phi) is 5.05. The quantitative estimate of drug-likeness (QED) is 0.765. The van der Waals surface area contributed by atoms with Gasteiger partial charge >= 0.3 is 0 Å². The summed E-state index contributed by atoms with van der Waals surface area (Å²) in [6.45, 7) is 4.40. The van der Waals surface area contributed by atoms with Gasteiger partial charge in [-0.05, 0) is 32.0 Å². The molecule has 0 aromatic carbocycles. The van der Waals surface area contributed by atoms with Crippen molar-refractivity contribution in [3.05, 3.63) is 24.2 Å². The largest absolute Gasteiger partial charge is 0.469 e. The average Bonchev–Trinajstić information content (AvgIpc) is 2.70. The van der Waals surface area contributed by atoms with Gasteiger partial charge in [0.05, 0.1) is 6.26 Å². The van der Waals surface area contributed by atoms with Crippen molar-refractivity contribution < 1.29 is 9.21 Å². The number of nitrogens with two attached hydrogens (primary N) is 1. The highest BCUT2D eigenvalue weighted by atomic mass is 16.3. The second kappa shape index (κ2) is 6.33. The molecule has 2 unspecified atom stereocenters. The molecule has 0 aliphatic heterocycles. The van der Waals surface area contributed by atoms with Crippen LogP contribution in [0.4, 0.5) is 0 Å². The van der Waals surface area contributed by atoms with Crippen LogP contribution in [0.2, 0.25) is 0 Å². The third kappa shape index (κ3) is 4.06. The summed E-state index contributed by atoms with van der Waals surface area (Å²) < 4.78 is 5.22. The van der Waals surface area contributed by atoms with Crippen molar-refractivity contribution in [1.82, 2.24) is 5.32 Å². The lowest BCUT2D eigenvalue weighted by atomic mass is 10.1. The Bertz CT molecular complexity index is 309. The lowest BCUT2D eigenvalue weighted by Crippen LogP contribution is -2.38. The fourth-order valence-corrected chi connectivity index (χ4v) is 1.55. The fourth-order valence-electron chi connectivity index (χ4n) is 1.55. The molecular formula is C12H20N2O2. The van der Waals surface area contributed by atoms with E-state index in [1.54, 1.807) is 6.26 Å². The van der Waals surface area contributed by atoms with Crippen LogP contribution < -0.4 is 11.1 Å². The van der Waals surface area contributed by atoms with Crippen LogP contribution in [0.15, 0.2) is 22.8 Å². The summed E-state index contributed by atoms with van der Waals surface area (Å²) in [6.07, 6.45) is 3.08. The van der Waals surface area contributed by atoms with E-state index in [1.165, 1.54) is 0 Å². The molecule has 0 radical (unpaired) electrons. The van der Waals surface area contributed by atoms with Crippen LogP contribution >= 0.6 is 0 Å². The maximum Gasteiger partial charge on any atom is 0.223 e. The predicted octanol–water partition coefficient (Wildman–Crippen LogP) is 1.31. The first kappa shape index (κ1) is 12.8. The molecule has 0 saturated carbocycles. The maximum atomic E-state index is 11.7. The lowest BCUT2D eigenvalue weighted by molar-refractivity contribution is -0.125. The Hall–Kier alpha value is -1.29. The van der Waals surface area contributed by atoms with Crippen molar-refractivity contribution in [2.75, 3.05) is 6.54 Å². The van der Waals surface area contributed by atoms with Crippen LogP contribution in [-0.4, -0.2) is 18.5 Å². The summed E-state index contributed by atoms with van der Waals surface area (Å²) in [6, 6.07) is 3.84. The molecule has 1 rings (SSSR count). The van der Waals surface area contributed by atoms with Gasteiger partial charge in [0.1, 0.15) is 5.76 Å². The fraction of sp³-hybridized carbons (Fsp3) is 0.583. The number of carbonyl (C=O) groups is 1. The predicted molar refractivity (Wildman–Crippen MR) is 62.9 cm³/mol. The Labute approximate surface area is 96.2 Å². The Morgan fingerprint density at radius 2 is 2.31 bits per heavy atom. The molecule has 0 spiro atoms. The van der Waals surface area contributed by atoms with E-state index in [-0.39, 0.29) is 17.9 Å². The SMILES string of the molecule is CC(Cc1ccco1)NC(=O)C(C)CCN. The summed E-state index contributed by atoms with van der Waals surface area (Å²) in [5.41, 5.74) is 5.41. The number of hydrogen-bond acceptors (Lipinski definition) is 3. The molecule has 0 bridgehead atoms. The number of rotatable bonds is 6. The van der Waals surface area contributed by atoms with Gasteiger partial charge in [0.2, 0.25) is 5.91 Å². The van der Waals surface area contributed by atoms with Crippen LogP contribution in [0.5, 0.6) is 0 Å². The lowest BCUT2D eigenvalue weighted by Gasteiger charge is -2.16. The Morgan fingerprint density at radius 3 is 2.88 bits per heavy atom. The van der Waals surface area contributed by atoms with E-state index in [9.17, 15) is 4.79 Å². The zero-order valence-electron chi connectivity index (χ0n) is 9.90. The number of furan rings is 1. The van der Waals surface area contributed by atoms with E-state index in [1.807, 2.05) is 26.0 Å². The topological polar surface area (TPSA) is 68.3 Å². The van der Waals surface area contributed by atoms with E-state index in [4.69, 9.17) is 10.2 Å². The van der Waals surface area contributed by atoms with Gasteiger partial charge in [0.15, 0.2) is 0 Å². The molecule has 1 heterocycles. The first-order valence-corrected chi connectivity index (χ1v) is 5.66. The van der Waals surface area contributed by atoms with Crippen molar-refractivity contribution in [3.63, 3.8) is 0 Å². The minimum absolute atomic E-state index is 0.0240. The maximum absolute atomic E-state index is 11.7. The van der Waals surface area contributed by atoms with Crippen LogP contribution in [0.25, 0.3) is 0 Å². The Morgan fingerprint density at radius 1 is 1.56 bits per heavy atom. The first-order valence-electron chi connectivity index (χ1n) is 5.66. The summed E-state index contributed by atoms with van der Waals surface area (Å²) in [5.74, 6) is 0.924. The van der Waals surface area contributed by atoms with Crippen molar-refractivity contribution in [1.29, 1.82) is 0 Å². The highest BCUT2D eigenvalue weighted by molar-refractivity contribution is 5.78. The van der Waals surface area contributed by atoms with Crippen LogP contribution in [0.1, 0.15) is 26.0 Å². The molecule has 90 valence electrons. The van der Waals surface area contributed by atoms with Crippen LogP contribution in [-0.2, 0) is 11.2 Å². The van der Waals surface area contributed by atoms with Crippen molar-refractivity contribution >= 4 is 5.91 Å². The van der Waals surface area contributed by atoms with E-state index in [0.717, 1.165) is 12.2 Å². The van der Waals surface area contributed by atoms with Gasteiger partial charge in [-0.2, -0.15) is 0 Å². The van der Waals surface area contributed by atoms with Crippen molar-refractivity contribution in [2.24, 2.45) is 11.7 Å². The molecule has 1 amide bonds. The molecule has 0 aliphatic rings. The van der Waals surface area contributed by atoms with Crippen molar-refractivity contribution in [2.45, 2.75) is 32.7 Å². The van der Waals surface area contributed by atoms with Crippen LogP contribution in [0, 0.1) is 5.92 Å². The summed E-state index contributed by atoms with van der Waals surface area (Å²) in [7, 11) is 0. The smallest absolute Gasteiger partial charge is 0.223 e. The van der Waals surface area contributed by atoms with Gasteiger partial charge in [-0.3, -0.25) is 4.79 Å². The molecule has 4 nitrogen and oxygen atoms in total. The second-order valence-electron chi connectivity index (χ2n) is 4.17. The molecule has 16 heavy (non-hydrogen) atoms. The van der Waals surface area contributed by atoms with E-state index in [2.05, 4.69) is 5.32 Å². The summed E-state index contributed by atoms with van der Waals surface area (Å²) in [4.78, 5) is 11.7. The van der Waals surface area contributed by atoms with Crippen molar-refractivity contribution in [3.8, 4) is 0 Å². The number of nitrogens with one attached hydrogen (secondary N) is 1.